The molecule has 5 rings (SSSR count). The summed E-state index contributed by atoms with van der Waals surface area (Å²) in [7, 11) is 3.40. The maximum atomic E-state index is 13.4. The van der Waals surface area contributed by atoms with Gasteiger partial charge in [0.1, 0.15) is 5.82 Å². The molecule has 1 atom stereocenters. The summed E-state index contributed by atoms with van der Waals surface area (Å²) in [6, 6.07) is 19.7. The second-order valence-corrected chi connectivity index (χ2v) is 8.89. The Bertz CT molecular complexity index is 1280. The molecule has 3 aromatic carbocycles. The van der Waals surface area contributed by atoms with Crippen molar-refractivity contribution in [1.82, 2.24) is 9.88 Å². The van der Waals surface area contributed by atoms with E-state index in [1.165, 1.54) is 34.2 Å². The SMILES string of the molecule is COc1ccc2c(c1OC)CC[C@@H]2NCCCCc1cn(-c2ccc(F)cc2)c2ccccc12. The van der Waals surface area contributed by atoms with Crippen LogP contribution in [0.3, 0.4) is 0 Å². The van der Waals surface area contributed by atoms with Crippen LogP contribution in [0, 0.1) is 5.82 Å². The summed E-state index contributed by atoms with van der Waals surface area (Å²) in [5.74, 6) is 1.47. The van der Waals surface area contributed by atoms with Crippen molar-refractivity contribution >= 4 is 10.9 Å². The summed E-state index contributed by atoms with van der Waals surface area (Å²) in [5.41, 5.74) is 6.09. The summed E-state index contributed by atoms with van der Waals surface area (Å²) in [5, 5.41) is 5.02. The number of benzene rings is 3. The number of aryl methyl sites for hydroxylation is 1. The standard InChI is InChI=1S/C29H31FN2O2/c1-33-28-17-15-24-25(29(28)34-2)14-16-26(24)31-18-6-5-7-20-19-32(22-12-10-21(30)11-13-22)27-9-4-3-8-23(20)27/h3-4,8-13,15,17,19,26,31H,5-7,14,16,18H2,1-2H3/t26-/m0/s1. The summed E-state index contributed by atoms with van der Waals surface area (Å²) < 4.78 is 26.6. The van der Waals surface area contributed by atoms with Gasteiger partial charge in [-0.25, -0.2) is 4.39 Å². The molecule has 0 spiro atoms. The third-order valence-corrected chi connectivity index (χ3v) is 6.91. The van der Waals surface area contributed by atoms with Crippen molar-refractivity contribution in [3.05, 3.63) is 89.4 Å². The number of halogens is 1. The van der Waals surface area contributed by atoms with E-state index in [1.807, 2.05) is 18.2 Å². The molecule has 4 nitrogen and oxygen atoms in total. The van der Waals surface area contributed by atoms with Gasteiger partial charge in [0.25, 0.3) is 0 Å². The lowest BCUT2D eigenvalue weighted by Gasteiger charge is -2.16. The van der Waals surface area contributed by atoms with E-state index in [4.69, 9.17) is 9.47 Å². The molecule has 0 amide bonds. The first-order valence-electron chi connectivity index (χ1n) is 12.0. The molecule has 1 aliphatic carbocycles. The Morgan fingerprint density at radius 2 is 1.79 bits per heavy atom. The van der Waals surface area contributed by atoms with Gasteiger partial charge in [0.15, 0.2) is 11.5 Å². The molecule has 5 heteroatoms. The van der Waals surface area contributed by atoms with Crippen LogP contribution in [0.1, 0.15) is 42.0 Å². The molecule has 176 valence electrons. The minimum atomic E-state index is -0.213. The number of hydrogen-bond acceptors (Lipinski definition) is 3. The van der Waals surface area contributed by atoms with Crippen LogP contribution < -0.4 is 14.8 Å². The van der Waals surface area contributed by atoms with Crippen LogP contribution in [0.5, 0.6) is 11.5 Å². The lowest BCUT2D eigenvalue weighted by Crippen LogP contribution is -2.20. The Labute approximate surface area is 200 Å². The van der Waals surface area contributed by atoms with E-state index in [0.717, 1.165) is 61.4 Å². The molecule has 0 bridgehead atoms. The summed E-state index contributed by atoms with van der Waals surface area (Å²) >= 11 is 0. The van der Waals surface area contributed by atoms with E-state index in [9.17, 15) is 4.39 Å². The van der Waals surface area contributed by atoms with Crippen LogP contribution in [0.2, 0.25) is 0 Å². The summed E-state index contributed by atoms with van der Waals surface area (Å²) in [6.07, 6.45) is 7.53. The first-order chi connectivity index (χ1) is 16.7. The van der Waals surface area contributed by atoms with Crippen LogP contribution in [0.4, 0.5) is 4.39 Å². The molecule has 0 fully saturated rings. The van der Waals surface area contributed by atoms with Crippen LogP contribution in [-0.4, -0.2) is 25.3 Å². The average Bonchev–Trinajstić information content (AvgIpc) is 3.45. The highest BCUT2D eigenvalue weighted by molar-refractivity contribution is 5.85. The normalized spacial score (nSPS) is 15.0. The quantitative estimate of drug-likeness (QED) is 0.295. The number of nitrogens with zero attached hydrogens (tertiary/aromatic N) is 1. The van der Waals surface area contributed by atoms with Crippen molar-refractivity contribution in [1.29, 1.82) is 0 Å². The Morgan fingerprint density at radius 1 is 0.971 bits per heavy atom. The van der Waals surface area contributed by atoms with Crippen molar-refractivity contribution < 1.29 is 13.9 Å². The maximum absolute atomic E-state index is 13.4. The molecule has 1 N–H and O–H groups in total. The Kier molecular flexibility index (Phi) is 6.54. The smallest absolute Gasteiger partial charge is 0.164 e. The van der Waals surface area contributed by atoms with Crippen LogP contribution >= 0.6 is 0 Å². The molecule has 34 heavy (non-hydrogen) atoms. The van der Waals surface area contributed by atoms with Crippen molar-refractivity contribution in [3.8, 4) is 17.2 Å². The number of nitrogens with one attached hydrogen (secondary N) is 1. The van der Waals surface area contributed by atoms with Gasteiger partial charge in [-0.2, -0.15) is 0 Å². The minimum absolute atomic E-state index is 0.213. The number of unbranched alkanes of at least 4 members (excludes halogenated alkanes) is 1. The number of fused-ring (bicyclic) bond motifs is 2. The first kappa shape index (κ1) is 22.5. The summed E-state index contributed by atoms with van der Waals surface area (Å²) in [6.45, 7) is 0.981. The van der Waals surface area contributed by atoms with Gasteiger partial charge >= 0.3 is 0 Å². The fourth-order valence-corrected chi connectivity index (χ4v) is 5.23. The van der Waals surface area contributed by atoms with Crippen molar-refractivity contribution in [2.24, 2.45) is 0 Å². The van der Waals surface area contributed by atoms with Gasteiger partial charge in [0.05, 0.1) is 19.7 Å². The van der Waals surface area contributed by atoms with Crippen molar-refractivity contribution in [2.45, 2.75) is 38.1 Å². The molecular formula is C29H31FN2O2. The number of rotatable bonds is 9. The molecule has 0 saturated carbocycles. The Balaban J connectivity index is 1.21. The summed E-state index contributed by atoms with van der Waals surface area (Å²) in [4.78, 5) is 0. The van der Waals surface area contributed by atoms with E-state index >= 15 is 0 Å². The van der Waals surface area contributed by atoms with E-state index in [2.05, 4.69) is 46.4 Å². The van der Waals surface area contributed by atoms with E-state index in [-0.39, 0.29) is 5.82 Å². The number of methoxy groups -OCH3 is 2. The number of para-hydroxylation sites is 1. The average molecular weight is 459 g/mol. The van der Waals surface area contributed by atoms with Gasteiger partial charge < -0.3 is 19.4 Å². The Morgan fingerprint density at radius 3 is 2.59 bits per heavy atom. The topological polar surface area (TPSA) is 35.4 Å². The third kappa shape index (κ3) is 4.28. The van der Waals surface area contributed by atoms with Crippen molar-refractivity contribution in [3.63, 3.8) is 0 Å². The lowest BCUT2D eigenvalue weighted by molar-refractivity contribution is 0.352. The van der Waals surface area contributed by atoms with Crippen LogP contribution in [0.25, 0.3) is 16.6 Å². The number of hydrogen-bond donors (Lipinski definition) is 1. The zero-order valence-electron chi connectivity index (χ0n) is 19.8. The van der Waals surface area contributed by atoms with Gasteiger partial charge in [-0.05, 0) is 86.2 Å². The maximum Gasteiger partial charge on any atom is 0.164 e. The number of ether oxygens (including phenoxy) is 2. The zero-order chi connectivity index (χ0) is 23.5. The molecule has 0 saturated heterocycles. The predicted octanol–water partition coefficient (Wildman–Crippen LogP) is 6.39. The highest BCUT2D eigenvalue weighted by Gasteiger charge is 2.26. The fraction of sp³-hybridized carbons (Fsp3) is 0.310. The first-order valence-corrected chi connectivity index (χ1v) is 12.0. The molecule has 0 radical (unpaired) electrons. The zero-order valence-corrected chi connectivity index (χ0v) is 19.8. The molecule has 1 aromatic heterocycles. The molecule has 0 unspecified atom stereocenters. The van der Waals surface area contributed by atoms with Gasteiger partial charge in [0.2, 0.25) is 0 Å². The second-order valence-electron chi connectivity index (χ2n) is 8.89. The molecule has 4 aromatic rings. The molecule has 1 aliphatic rings. The van der Waals surface area contributed by atoms with Gasteiger partial charge in [-0.1, -0.05) is 24.3 Å². The van der Waals surface area contributed by atoms with Gasteiger partial charge in [-0.15, -0.1) is 0 Å². The highest BCUT2D eigenvalue weighted by Crippen LogP contribution is 2.42. The number of aromatic nitrogens is 1. The van der Waals surface area contributed by atoms with Gasteiger partial charge in [-0.3, -0.25) is 0 Å². The molecule has 1 heterocycles. The minimum Gasteiger partial charge on any atom is -0.493 e. The second kappa shape index (κ2) is 9.90. The predicted molar refractivity (Wildman–Crippen MR) is 135 cm³/mol. The largest absolute Gasteiger partial charge is 0.493 e. The highest BCUT2D eigenvalue weighted by atomic mass is 19.1. The van der Waals surface area contributed by atoms with E-state index in [0.29, 0.717) is 6.04 Å². The third-order valence-electron chi connectivity index (χ3n) is 6.91. The van der Waals surface area contributed by atoms with Crippen LogP contribution in [0.15, 0.2) is 66.9 Å². The molecular weight excluding hydrogens is 427 g/mol. The van der Waals surface area contributed by atoms with E-state index < -0.39 is 0 Å². The monoisotopic (exact) mass is 458 g/mol. The van der Waals surface area contributed by atoms with Crippen molar-refractivity contribution in [2.75, 3.05) is 20.8 Å². The molecule has 0 aliphatic heterocycles. The lowest BCUT2D eigenvalue weighted by atomic mass is 10.1. The van der Waals surface area contributed by atoms with E-state index in [1.54, 1.807) is 14.2 Å². The van der Waals surface area contributed by atoms with Crippen LogP contribution in [-0.2, 0) is 12.8 Å². The van der Waals surface area contributed by atoms with Gasteiger partial charge in [0, 0.05) is 28.9 Å². The Hall–Kier alpha value is -3.31. The fourth-order valence-electron chi connectivity index (χ4n) is 5.23.